The molecule has 1 heterocycles. The first-order valence-corrected chi connectivity index (χ1v) is 11.0. The second-order valence-electron chi connectivity index (χ2n) is 8.80. The fraction of sp³-hybridized carbons (Fsp3) is 0.500. The van der Waals surface area contributed by atoms with E-state index in [1.165, 1.54) is 35.2 Å². The van der Waals surface area contributed by atoms with Gasteiger partial charge in [-0.05, 0) is 23.8 Å². The summed E-state index contributed by atoms with van der Waals surface area (Å²) in [5, 5.41) is 0. The molecule has 2 aromatic carbocycles. The third-order valence-electron chi connectivity index (χ3n) is 5.88. The van der Waals surface area contributed by atoms with Gasteiger partial charge in [-0.25, -0.2) is 4.90 Å². The van der Waals surface area contributed by atoms with Crippen LogP contribution in [-0.4, -0.2) is 30.0 Å². The number of benzene rings is 2. The Morgan fingerprint density at radius 1 is 0.929 bits per heavy atom. The Hall–Kier alpha value is -2.09. The zero-order chi connectivity index (χ0) is 20.1. The van der Waals surface area contributed by atoms with Gasteiger partial charge in [0.2, 0.25) is 6.34 Å². The number of anilines is 1. The van der Waals surface area contributed by atoms with Crippen molar-refractivity contribution >= 4 is 12.0 Å². The topological polar surface area (TPSA) is 6.25 Å². The summed E-state index contributed by atoms with van der Waals surface area (Å²) >= 11 is 0. The van der Waals surface area contributed by atoms with Crippen LogP contribution in [0.1, 0.15) is 76.0 Å². The van der Waals surface area contributed by atoms with Crippen molar-refractivity contribution in [2.24, 2.45) is 0 Å². The number of hydrogen-bond donors (Lipinski definition) is 0. The molecule has 0 saturated heterocycles. The standard InChI is InChI=1S/C26H37N2/c1-6-7-16-27-19-28(18-23(27)17-22-12-9-8-10-13-22)26-24(20(2)3)14-11-15-25(26)21(4)5/h8-15,19-21,23H,6-7,16-18H2,1-5H3/q+1/t23-/m0/s1. The number of nitrogens with zero attached hydrogens (tertiary/aromatic N) is 2. The predicted molar refractivity (Wildman–Crippen MR) is 122 cm³/mol. The van der Waals surface area contributed by atoms with E-state index in [1.807, 2.05) is 0 Å². The minimum Gasteiger partial charge on any atom is -0.261 e. The van der Waals surface area contributed by atoms with Gasteiger partial charge < -0.3 is 0 Å². The number of hydrogen-bond acceptors (Lipinski definition) is 1. The summed E-state index contributed by atoms with van der Waals surface area (Å²) in [7, 11) is 0. The monoisotopic (exact) mass is 377 g/mol. The van der Waals surface area contributed by atoms with Crippen LogP contribution in [0.4, 0.5) is 5.69 Å². The number of rotatable bonds is 8. The van der Waals surface area contributed by atoms with E-state index in [4.69, 9.17) is 0 Å². The van der Waals surface area contributed by atoms with Crippen molar-refractivity contribution < 1.29 is 4.58 Å². The molecule has 0 spiro atoms. The van der Waals surface area contributed by atoms with Crippen molar-refractivity contribution in [3.05, 3.63) is 65.2 Å². The molecule has 0 saturated carbocycles. The van der Waals surface area contributed by atoms with Gasteiger partial charge in [-0.15, -0.1) is 0 Å². The SMILES string of the molecule is CCCC[N+]1=CN(c2c(C(C)C)cccc2C(C)C)C[C@@H]1Cc1ccccc1. The van der Waals surface area contributed by atoms with Crippen molar-refractivity contribution in [1.82, 2.24) is 0 Å². The van der Waals surface area contributed by atoms with Crippen LogP contribution in [0.25, 0.3) is 0 Å². The van der Waals surface area contributed by atoms with Gasteiger partial charge in [-0.3, -0.25) is 4.58 Å². The maximum Gasteiger partial charge on any atom is 0.239 e. The van der Waals surface area contributed by atoms with Crippen LogP contribution in [0.15, 0.2) is 48.5 Å². The third kappa shape index (κ3) is 4.66. The lowest BCUT2D eigenvalue weighted by molar-refractivity contribution is -0.552. The molecular formula is C26H37N2+. The van der Waals surface area contributed by atoms with Crippen LogP contribution in [-0.2, 0) is 6.42 Å². The molecule has 1 aliphatic rings. The summed E-state index contributed by atoms with van der Waals surface area (Å²) in [6, 6.07) is 18.4. The van der Waals surface area contributed by atoms with Gasteiger partial charge in [-0.2, -0.15) is 0 Å². The molecule has 0 radical (unpaired) electrons. The molecule has 0 aliphatic carbocycles. The van der Waals surface area contributed by atoms with E-state index in [0.717, 1.165) is 19.5 Å². The van der Waals surface area contributed by atoms with Crippen LogP contribution < -0.4 is 4.90 Å². The van der Waals surface area contributed by atoms with Crippen molar-refractivity contribution in [2.45, 2.75) is 71.8 Å². The lowest BCUT2D eigenvalue weighted by atomic mass is 9.92. The molecule has 3 rings (SSSR count). The van der Waals surface area contributed by atoms with Gasteiger partial charge in [0.05, 0.1) is 6.54 Å². The second kappa shape index (κ2) is 9.41. The summed E-state index contributed by atoms with van der Waals surface area (Å²) in [5.41, 5.74) is 5.83. The van der Waals surface area contributed by atoms with Gasteiger partial charge >= 0.3 is 0 Å². The molecule has 0 aromatic heterocycles. The minimum absolute atomic E-state index is 0.527. The Morgan fingerprint density at radius 3 is 2.14 bits per heavy atom. The summed E-state index contributed by atoms with van der Waals surface area (Å²) < 4.78 is 2.59. The molecular weight excluding hydrogens is 340 g/mol. The molecule has 0 bridgehead atoms. The third-order valence-corrected chi connectivity index (χ3v) is 5.88. The molecule has 2 aromatic rings. The molecule has 0 amide bonds. The fourth-order valence-corrected chi connectivity index (χ4v) is 4.29. The van der Waals surface area contributed by atoms with E-state index in [0.29, 0.717) is 17.9 Å². The molecule has 1 aliphatic heterocycles. The van der Waals surface area contributed by atoms with Crippen LogP contribution >= 0.6 is 0 Å². The highest BCUT2D eigenvalue weighted by molar-refractivity contribution is 5.82. The lowest BCUT2D eigenvalue weighted by Crippen LogP contribution is -2.30. The van der Waals surface area contributed by atoms with Crippen molar-refractivity contribution in [3.63, 3.8) is 0 Å². The number of unbranched alkanes of at least 4 members (excludes halogenated alkanes) is 1. The molecule has 0 unspecified atom stereocenters. The predicted octanol–water partition coefficient (Wildman–Crippen LogP) is 6.21. The zero-order valence-electron chi connectivity index (χ0n) is 18.4. The van der Waals surface area contributed by atoms with E-state index in [2.05, 4.69) is 99.0 Å². The van der Waals surface area contributed by atoms with E-state index in [9.17, 15) is 0 Å². The van der Waals surface area contributed by atoms with Gasteiger partial charge in [0.1, 0.15) is 18.3 Å². The largest absolute Gasteiger partial charge is 0.261 e. The Kier molecular flexibility index (Phi) is 6.93. The van der Waals surface area contributed by atoms with E-state index < -0.39 is 0 Å². The molecule has 2 nitrogen and oxygen atoms in total. The van der Waals surface area contributed by atoms with Crippen LogP contribution in [0, 0.1) is 0 Å². The van der Waals surface area contributed by atoms with E-state index >= 15 is 0 Å². The maximum atomic E-state index is 2.59. The highest BCUT2D eigenvalue weighted by atomic mass is 15.3. The molecule has 2 heteroatoms. The second-order valence-corrected chi connectivity index (χ2v) is 8.80. The molecule has 150 valence electrons. The van der Waals surface area contributed by atoms with Crippen molar-refractivity contribution in [2.75, 3.05) is 18.0 Å². The highest BCUT2D eigenvalue weighted by Crippen LogP contribution is 2.36. The molecule has 0 fully saturated rings. The quantitative estimate of drug-likeness (QED) is 0.496. The van der Waals surface area contributed by atoms with Crippen molar-refractivity contribution in [1.29, 1.82) is 0 Å². The number of para-hydroxylation sites is 1. The van der Waals surface area contributed by atoms with Gasteiger partial charge in [0.25, 0.3) is 0 Å². The highest BCUT2D eigenvalue weighted by Gasteiger charge is 2.34. The Balaban J connectivity index is 1.95. The first-order valence-electron chi connectivity index (χ1n) is 11.0. The maximum absolute atomic E-state index is 2.59. The summed E-state index contributed by atoms with van der Waals surface area (Å²) in [6.07, 6.45) is 6.01. The smallest absolute Gasteiger partial charge is 0.239 e. The first-order chi connectivity index (χ1) is 13.5. The zero-order valence-corrected chi connectivity index (χ0v) is 18.4. The summed E-state index contributed by atoms with van der Waals surface area (Å²) in [6.45, 7) is 13.8. The molecule has 0 N–H and O–H groups in total. The average Bonchev–Trinajstić information content (AvgIpc) is 3.08. The normalized spacial score (nSPS) is 16.9. The minimum atomic E-state index is 0.527. The van der Waals surface area contributed by atoms with E-state index in [-0.39, 0.29) is 0 Å². The summed E-state index contributed by atoms with van der Waals surface area (Å²) in [5.74, 6) is 1.05. The summed E-state index contributed by atoms with van der Waals surface area (Å²) in [4.78, 5) is 2.55. The van der Waals surface area contributed by atoms with Crippen LogP contribution in [0.2, 0.25) is 0 Å². The van der Waals surface area contributed by atoms with Crippen LogP contribution in [0.3, 0.4) is 0 Å². The van der Waals surface area contributed by atoms with Gasteiger partial charge in [0, 0.05) is 17.5 Å². The average molecular weight is 378 g/mol. The lowest BCUT2D eigenvalue weighted by Gasteiger charge is -2.21. The van der Waals surface area contributed by atoms with Crippen molar-refractivity contribution in [3.8, 4) is 0 Å². The molecule has 28 heavy (non-hydrogen) atoms. The Morgan fingerprint density at radius 2 is 1.57 bits per heavy atom. The Labute approximate surface area is 171 Å². The van der Waals surface area contributed by atoms with Gasteiger partial charge in [-0.1, -0.05) is 89.6 Å². The Bertz CT molecular complexity index is 763. The molecule has 1 atom stereocenters. The fourth-order valence-electron chi connectivity index (χ4n) is 4.29. The van der Waals surface area contributed by atoms with Crippen LogP contribution in [0.5, 0.6) is 0 Å². The first kappa shape index (κ1) is 20.6. The van der Waals surface area contributed by atoms with Gasteiger partial charge in [0.15, 0.2) is 0 Å². The van der Waals surface area contributed by atoms with E-state index in [1.54, 1.807) is 0 Å².